The van der Waals surface area contributed by atoms with E-state index in [4.69, 9.17) is 4.74 Å². The normalized spacial score (nSPS) is 23.8. The van der Waals surface area contributed by atoms with Crippen molar-refractivity contribution < 1.29 is 18.8 Å². The molecule has 0 radical (unpaired) electrons. The average Bonchev–Trinajstić information content (AvgIpc) is 2.89. The predicted octanol–water partition coefficient (Wildman–Crippen LogP) is 4.03. The van der Waals surface area contributed by atoms with E-state index in [1.807, 2.05) is 72.8 Å². The van der Waals surface area contributed by atoms with E-state index >= 15 is 0 Å². The lowest BCUT2D eigenvalue weighted by Gasteiger charge is -2.51. The highest BCUT2D eigenvalue weighted by Gasteiger charge is 2.49. The molecule has 0 saturated carbocycles. The molecule has 1 aromatic heterocycles. The maximum absolute atomic E-state index is 13.5. The average molecular weight is 472 g/mol. The quantitative estimate of drug-likeness (QED) is 0.383. The molecule has 3 aliphatic rings. The van der Waals surface area contributed by atoms with Gasteiger partial charge in [0.25, 0.3) is 5.91 Å². The number of ether oxygens (including phenoxy) is 1. The van der Waals surface area contributed by atoms with Crippen molar-refractivity contribution in [3.63, 3.8) is 0 Å². The first kappa shape index (κ1) is 23.1. The summed E-state index contributed by atoms with van der Waals surface area (Å²) in [5, 5.41) is 6.25. The number of amides is 1. The predicted molar refractivity (Wildman–Crippen MR) is 134 cm³/mol. The van der Waals surface area contributed by atoms with Crippen LogP contribution in [0.15, 0.2) is 85.1 Å². The van der Waals surface area contributed by atoms with Gasteiger partial charge in [0, 0.05) is 30.6 Å². The minimum absolute atomic E-state index is 0.0537. The molecule has 0 aliphatic carbocycles. The Labute approximate surface area is 205 Å². The third kappa shape index (κ3) is 5.52. The van der Waals surface area contributed by atoms with Crippen LogP contribution in [0.3, 0.4) is 0 Å². The number of hydrogen-bond acceptors (Lipinski definition) is 5. The summed E-state index contributed by atoms with van der Waals surface area (Å²) in [7, 11) is 0. The Morgan fingerprint density at radius 3 is 2.31 bits per heavy atom. The molecule has 1 amide bonds. The van der Waals surface area contributed by atoms with Crippen molar-refractivity contribution in [1.29, 1.82) is 0 Å². The summed E-state index contributed by atoms with van der Waals surface area (Å²) in [5.74, 6) is 0.561. The Kier molecular flexibility index (Phi) is 6.77. The molecule has 3 aromatic rings. The Bertz CT molecular complexity index is 1130. The number of aromatic nitrogens is 1. The van der Waals surface area contributed by atoms with E-state index in [0.717, 1.165) is 37.2 Å². The number of carbonyl (C=O) groups excluding carboxylic acids is 2. The van der Waals surface area contributed by atoms with Crippen LogP contribution in [0.4, 0.5) is 11.5 Å². The molecule has 2 atom stereocenters. The number of pyridine rings is 1. The molecule has 2 N–H and O–H groups in total. The fourth-order valence-corrected chi connectivity index (χ4v) is 5.34. The lowest BCUT2D eigenvalue weighted by Crippen LogP contribution is -2.66. The molecule has 2 aromatic carbocycles. The molecule has 3 saturated heterocycles. The number of piperidine rings is 3. The summed E-state index contributed by atoms with van der Waals surface area (Å²) in [5.41, 5.74) is 1.73. The summed E-state index contributed by atoms with van der Waals surface area (Å²) in [6.45, 7) is 2.89. The van der Waals surface area contributed by atoms with Gasteiger partial charge in [-0.05, 0) is 29.8 Å². The number of benzene rings is 2. The number of nitrogens with zero attached hydrogens (tertiary/aromatic N) is 2. The van der Waals surface area contributed by atoms with Crippen LogP contribution < -0.4 is 10.6 Å². The SMILES string of the molecule is O=C(C[N+]12CCC(CC1)[C@@H](OC(=O)[C@H](Nc1ccccc1)c1ccccc1)C2)Nc1ccccn1. The number of rotatable bonds is 8. The molecule has 7 nitrogen and oxygen atoms in total. The van der Waals surface area contributed by atoms with Gasteiger partial charge in [0.1, 0.15) is 12.4 Å². The Morgan fingerprint density at radius 1 is 0.943 bits per heavy atom. The molecule has 7 heteroatoms. The highest BCUT2D eigenvalue weighted by Crippen LogP contribution is 2.36. The lowest BCUT2D eigenvalue weighted by molar-refractivity contribution is -0.938. The van der Waals surface area contributed by atoms with Gasteiger partial charge in [0.05, 0.1) is 13.1 Å². The molecule has 4 heterocycles. The summed E-state index contributed by atoms with van der Waals surface area (Å²) < 4.78 is 6.83. The molecular formula is C28H31N4O3+. The van der Waals surface area contributed by atoms with Gasteiger partial charge in [-0.3, -0.25) is 4.79 Å². The third-order valence-electron chi connectivity index (χ3n) is 7.17. The van der Waals surface area contributed by atoms with Gasteiger partial charge < -0.3 is 19.9 Å². The molecule has 35 heavy (non-hydrogen) atoms. The number of nitrogens with one attached hydrogen (secondary N) is 2. The minimum atomic E-state index is -0.602. The Hall–Kier alpha value is -3.71. The first-order valence-corrected chi connectivity index (χ1v) is 12.2. The van der Waals surface area contributed by atoms with Gasteiger partial charge in [-0.1, -0.05) is 54.6 Å². The molecular weight excluding hydrogens is 440 g/mol. The van der Waals surface area contributed by atoms with E-state index < -0.39 is 6.04 Å². The highest BCUT2D eigenvalue weighted by molar-refractivity contribution is 5.90. The number of hydrogen-bond donors (Lipinski definition) is 2. The van der Waals surface area contributed by atoms with Crippen LogP contribution in [-0.4, -0.2) is 53.6 Å². The molecule has 3 aliphatic heterocycles. The minimum Gasteiger partial charge on any atom is -0.454 e. The number of carbonyl (C=O) groups is 2. The fraction of sp³-hybridized carbons (Fsp3) is 0.321. The Balaban J connectivity index is 1.27. The van der Waals surface area contributed by atoms with Crippen LogP contribution in [0.1, 0.15) is 24.4 Å². The smallest absolute Gasteiger partial charge is 0.333 e. The van der Waals surface area contributed by atoms with E-state index in [9.17, 15) is 9.59 Å². The number of fused-ring (bicyclic) bond motifs is 3. The van der Waals surface area contributed by atoms with Crippen molar-refractivity contribution in [2.45, 2.75) is 25.0 Å². The standard InChI is InChI=1S/C28H30N4O3/c33-26(31-25-13-7-8-16-29-25)20-32-17-14-21(15-18-32)24(19-32)35-28(34)27(22-9-3-1-4-10-22)30-23-11-5-2-6-12-23/h1-13,16,21,24,27,30H,14-15,17-20H2/p+1/t21?,24-,27+,32?/m0/s1. The van der Waals surface area contributed by atoms with Crippen LogP contribution in [0, 0.1) is 5.92 Å². The highest BCUT2D eigenvalue weighted by atomic mass is 16.5. The molecule has 6 rings (SSSR count). The fourth-order valence-electron chi connectivity index (χ4n) is 5.34. The third-order valence-corrected chi connectivity index (χ3v) is 7.17. The van der Waals surface area contributed by atoms with Crippen LogP contribution in [0.2, 0.25) is 0 Å². The maximum atomic E-state index is 13.5. The van der Waals surface area contributed by atoms with Crippen molar-refractivity contribution in [2.24, 2.45) is 5.92 Å². The van der Waals surface area contributed by atoms with Crippen molar-refractivity contribution in [3.05, 3.63) is 90.6 Å². The van der Waals surface area contributed by atoms with Gasteiger partial charge >= 0.3 is 5.97 Å². The van der Waals surface area contributed by atoms with Crippen molar-refractivity contribution in [3.8, 4) is 0 Å². The maximum Gasteiger partial charge on any atom is 0.333 e. The van der Waals surface area contributed by atoms with E-state index in [1.165, 1.54) is 0 Å². The number of para-hydroxylation sites is 1. The largest absolute Gasteiger partial charge is 0.454 e. The molecule has 0 spiro atoms. The van der Waals surface area contributed by atoms with Crippen LogP contribution in [0.25, 0.3) is 0 Å². The molecule has 180 valence electrons. The first-order chi connectivity index (χ1) is 17.1. The topological polar surface area (TPSA) is 80.3 Å². The van der Waals surface area contributed by atoms with Crippen molar-refractivity contribution in [2.75, 3.05) is 36.8 Å². The van der Waals surface area contributed by atoms with Gasteiger partial charge in [-0.2, -0.15) is 0 Å². The lowest BCUT2D eigenvalue weighted by atomic mass is 9.83. The Morgan fingerprint density at radius 2 is 1.63 bits per heavy atom. The molecule has 2 bridgehead atoms. The van der Waals surface area contributed by atoms with Gasteiger partial charge in [-0.25, -0.2) is 9.78 Å². The van der Waals surface area contributed by atoms with E-state index in [2.05, 4.69) is 15.6 Å². The van der Waals surface area contributed by atoms with E-state index in [0.29, 0.717) is 29.3 Å². The number of quaternary nitrogens is 1. The molecule has 3 fully saturated rings. The zero-order chi connectivity index (χ0) is 24.1. The van der Waals surface area contributed by atoms with Crippen molar-refractivity contribution >= 4 is 23.4 Å². The zero-order valence-electron chi connectivity index (χ0n) is 19.7. The van der Waals surface area contributed by atoms with E-state index in [-0.39, 0.29) is 18.0 Å². The van der Waals surface area contributed by atoms with Crippen LogP contribution in [-0.2, 0) is 14.3 Å². The summed E-state index contributed by atoms with van der Waals surface area (Å²) in [4.78, 5) is 30.5. The zero-order valence-corrected chi connectivity index (χ0v) is 19.7. The van der Waals surface area contributed by atoms with Crippen molar-refractivity contribution in [1.82, 2.24) is 4.98 Å². The summed E-state index contributed by atoms with van der Waals surface area (Å²) in [6.07, 6.45) is 3.38. The first-order valence-electron chi connectivity index (χ1n) is 12.2. The second kappa shape index (κ2) is 10.3. The monoisotopic (exact) mass is 471 g/mol. The second-order valence-corrected chi connectivity index (χ2v) is 9.56. The number of esters is 1. The summed E-state index contributed by atoms with van der Waals surface area (Å²) in [6, 6.07) is 24.2. The molecule has 0 unspecified atom stereocenters. The van der Waals surface area contributed by atoms with E-state index in [1.54, 1.807) is 12.3 Å². The van der Waals surface area contributed by atoms with Gasteiger partial charge in [0.15, 0.2) is 18.7 Å². The van der Waals surface area contributed by atoms with Gasteiger partial charge in [-0.15, -0.1) is 0 Å². The van der Waals surface area contributed by atoms with Crippen LogP contribution >= 0.6 is 0 Å². The van der Waals surface area contributed by atoms with Gasteiger partial charge in [0.2, 0.25) is 0 Å². The second-order valence-electron chi connectivity index (χ2n) is 9.56. The number of anilines is 2. The summed E-state index contributed by atoms with van der Waals surface area (Å²) >= 11 is 0. The van der Waals surface area contributed by atoms with Crippen LogP contribution in [0.5, 0.6) is 0 Å².